The summed E-state index contributed by atoms with van der Waals surface area (Å²) in [7, 11) is 0. The number of hydrogen-bond donors (Lipinski definition) is 3. The minimum Gasteiger partial charge on any atom is -0.481 e. The number of carbonyl (C=O) groups excluding carboxylic acids is 1. The Morgan fingerprint density at radius 2 is 1.93 bits per heavy atom. The number of benzene rings is 1. The van der Waals surface area contributed by atoms with Crippen molar-refractivity contribution in [1.82, 2.24) is 19.9 Å². The summed E-state index contributed by atoms with van der Waals surface area (Å²) in [6.45, 7) is 3.46. The fourth-order valence-electron chi connectivity index (χ4n) is 3.60. The largest absolute Gasteiger partial charge is 0.481 e. The molecule has 0 bridgehead atoms. The summed E-state index contributed by atoms with van der Waals surface area (Å²) >= 11 is 0. The first-order valence-corrected chi connectivity index (χ1v) is 10.5. The molecule has 2 heterocycles. The summed E-state index contributed by atoms with van der Waals surface area (Å²) < 4.78 is 2.25. The molecule has 0 saturated carbocycles. The Morgan fingerprint density at radius 3 is 2.70 bits per heavy atom. The van der Waals surface area contributed by atoms with Gasteiger partial charge in [0.15, 0.2) is 5.82 Å². The van der Waals surface area contributed by atoms with Crippen LogP contribution in [0.1, 0.15) is 51.3 Å². The average Bonchev–Trinajstić information content (AvgIpc) is 3.10. The Kier molecular flexibility index (Phi) is 7.21. The van der Waals surface area contributed by atoms with E-state index in [0.717, 1.165) is 66.4 Å². The Hall–Kier alpha value is -3.16. The number of rotatable bonds is 11. The number of para-hydroxylation sites is 1. The summed E-state index contributed by atoms with van der Waals surface area (Å²) in [5.41, 5.74) is 8.85. The molecular formula is C22H29N5O3. The van der Waals surface area contributed by atoms with Crippen LogP contribution in [0.2, 0.25) is 0 Å². The second-order valence-corrected chi connectivity index (χ2v) is 7.45. The van der Waals surface area contributed by atoms with Gasteiger partial charge in [-0.3, -0.25) is 9.59 Å². The van der Waals surface area contributed by atoms with Crippen molar-refractivity contribution in [3.05, 3.63) is 30.1 Å². The zero-order valence-corrected chi connectivity index (χ0v) is 17.4. The van der Waals surface area contributed by atoms with Crippen LogP contribution in [0.25, 0.3) is 21.9 Å². The normalized spacial score (nSPS) is 11.2. The van der Waals surface area contributed by atoms with Gasteiger partial charge in [-0.25, -0.2) is 9.97 Å². The monoisotopic (exact) mass is 411 g/mol. The van der Waals surface area contributed by atoms with E-state index >= 15 is 0 Å². The number of nitrogens with two attached hydrogens (primary N) is 1. The van der Waals surface area contributed by atoms with Gasteiger partial charge in [0.2, 0.25) is 5.91 Å². The molecule has 1 aromatic carbocycles. The van der Waals surface area contributed by atoms with Crippen LogP contribution in [0.5, 0.6) is 0 Å². The highest BCUT2D eigenvalue weighted by Crippen LogP contribution is 2.29. The number of aromatic nitrogens is 3. The molecule has 0 saturated heterocycles. The van der Waals surface area contributed by atoms with E-state index in [1.54, 1.807) is 0 Å². The number of carboxylic acid groups (broad SMARTS) is 1. The van der Waals surface area contributed by atoms with E-state index in [9.17, 15) is 9.59 Å². The van der Waals surface area contributed by atoms with Crippen LogP contribution in [0, 0.1) is 0 Å². The minimum absolute atomic E-state index is 0.0148. The molecule has 160 valence electrons. The lowest BCUT2D eigenvalue weighted by Gasteiger charge is -2.11. The first-order valence-electron chi connectivity index (χ1n) is 10.5. The molecule has 3 rings (SSSR count). The summed E-state index contributed by atoms with van der Waals surface area (Å²) in [6.07, 6.45) is 4.54. The molecule has 3 aromatic rings. The number of unbranched alkanes of at least 4 members (excludes halogenated alkanes) is 2. The van der Waals surface area contributed by atoms with Crippen LogP contribution < -0.4 is 11.1 Å². The number of nitrogen functional groups attached to an aromatic ring is 1. The summed E-state index contributed by atoms with van der Waals surface area (Å²) in [6, 6.07) is 7.96. The summed E-state index contributed by atoms with van der Waals surface area (Å²) in [4.78, 5) is 31.5. The molecule has 0 radical (unpaired) electrons. The van der Waals surface area contributed by atoms with Gasteiger partial charge in [0.1, 0.15) is 11.3 Å². The number of carbonyl (C=O) groups is 2. The highest BCUT2D eigenvalue weighted by Gasteiger charge is 2.16. The lowest BCUT2D eigenvalue weighted by atomic mass is 10.2. The van der Waals surface area contributed by atoms with Crippen molar-refractivity contribution in [3.63, 3.8) is 0 Å². The molecular weight excluding hydrogens is 382 g/mol. The number of pyridine rings is 1. The fourth-order valence-corrected chi connectivity index (χ4v) is 3.60. The van der Waals surface area contributed by atoms with Gasteiger partial charge in [-0.05, 0) is 25.3 Å². The summed E-state index contributed by atoms with van der Waals surface area (Å²) in [5, 5.41) is 12.5. The number of imidazole rings is 1. The van der Waals surface area contributed by atoms with Gasteiger partial charge in [0.25, 0.3) is 0 Å². The number of fused-ring (bicyclic) bond motifs is 3. The van der Waals surface area contributed by atoms with E-state index in [2.05, 4.69) is 27.9 Å². The van der Waals surface area contributed by atoms with Crippen LogP contribution in [-0.2, 0) is 22.6 Å². The first kappa shape index (κ1) is 21.5. The number of aliphatic carboxylic acids is 1. The van der Waals surface area contributed by atoms with Crippen LogP contribution in [0.3, 0.4) is 0 Å². The van der Waals surface area contributed by atoms with Crippen molar-refractivity contribution in [1.29, 1.82) is 0 Å². The van der Waals surface area contributed by atoms with Crippen LogP contribution in [0.4, 0.5) is 5.82 Å². The van der Waals surface area contributed by atoms with E-state index in [1.807, 2.05) is 18.2 Å². The number of nitrogens with one attached hydrogen (secondary N) is 1. The lowest BCUT2D eigenvalue weighted by Crippen LogP contribution is -2.25. The van der Waals surface area contributed by atoms with Crippen molar-refractivity contribution in [2.45, 2.75) is 58.4 Å². The van der Waals surface area contributed by atoms with Gasteiger partial charge in [-0.2, -0.15) is 0 Å². The quantitative estimate of drug-likeness (QED) is 0.416. The zero-order chi connectivity index (χ0) is 21.5. The predicted molar refractivity (Wildman–Crippen MR) is 117 cm³/mol. The second-order valence-electron chi connectivity index (χ2n) is 7.45. The molecule has 4 N–H and O–H groups in total. The van der Waals surface area contributed by atoms with Gasteiger partial charge in [0, 0.05) is 31.3 Å². The Bertz CT molecular complexity index is 1040. The molecule has 0 spiro atoms. The lowest BCUT2D eigenvalue weighted by molar-refractivity contribution is -0.138. The molecule has 8 nitrogen and oxygen atoms in total. The van der Waals surface area contributed by atoms with Gasteiger partial charge in [-0.15, -0.1) is 0 Å². The van der Waals surface area contributed by atoms with E-state index in [4.69, 9.17) is 15.8 Å². The number of aryl methyl sites for hydroxylation is 2. The maximum atomic E-state index is 11.7. The Balaban J connectivity index is 1.75. The van der Waals surface area contributed by atoms with Gasteiger partial charge < -0.3 is 20.7 Å². The van der Waals surface area contributed by atoms with E-state index < -0.39 is 5.97 Å². The van der Waals surface area contributed by atoms with Crippen molar-refractivity contribution in [2.24, 2.45) is 0 Å². The SMILES string of the molecule is CCCCc1nc2c(N)nc3ccccc3c2n1CCCCNC(=O)CCC(=O)O. The predicted octanol–water partition coefficient (Wildman–Crippen LogP) is 3.27. The third-order valence-corrected chi connectivity index (χ3v) is 5.14. The average molecular weight is 412 g/mol. The highest BCUT2D eigenvalue weighted by molar-refractivity contribution is 6.06. The second kappa shape index (κ2) is 10.0. The molecule has 0 atom stereocenters. The number of nitrogens with zero attached hydrogens (tertiary/aromatic N) is 3. The van der Waals surface area contributed by atoms with Crippen molar-refractivity contribution < 1.29 is 14.7 Å². The molecule has 8 heteroatoms. The molecule has 0 fully saturated rings. The maximum absolute atomic E-state index is 11.7. The van der Waals surface area contributed by atoms with E-state index in [0.29, 0.717) is 12.4 Å². The molecule has 0 aliphatic heterocycles. The van der Waals surface area contributed by atoms with Crippen molar-refractivity contribution >= 4 is 39.6 Å². The minimum atomic E-state index is -0.960. The molecule has 0 aliphatic carbocycles. The third-order valence-electron chi connectivity index (χ3n) is 5.14. The number of hydrogen-bond acceptors (Lipinski definition) is 5. The van der Waals surface area contributed by atoms with Crippen LogP contribution in [-0.4, -0.2) is 38.1 Å². The molecule has 30 heavy (non-hydrogen) atoms. The van der Waals surface area contributed by atoms with Crippen LogP contribution in [0.15, 0.2) is 24.3 Å². The first-order chi connectivity index (χ1) is 14.5. The number of carboxylic acids is 1. The van der Waals surface area contributed by atoms with Crippen LogP contribution >= 0.6 is 0 Å². The standard InChI is InChI=1S/C22H29N5O3/c1-2-3-10-17-26-20-21(15-8-4-5-9-16(15)25-22(20)23)27(17)14-7-6-13-24-18(28)11-12-19(29)30/h4-5,8-9H,2-3,6-7,10-14H2,1H3,(H2,23,25)(H,24,28)(H,29,30). The molecule has 0 unspecified atom stereocenters. The molecule has 2 aromatic heterocycles. The highest BCUT2D eigenvalue weighted by atomic mass is 16.4. The van der Waals surface area contributed by atoms with E-state index in [-0.39, 0.29) is 18.7 Å². The Morgan fingerprint density at radius 1 is 1.13 bits per heavy atom. The molecule has 1 amide bonds. The number of anilines is 1. The van der Waals surface area contributed by atoms with Gasteiger partial charge >= 0.3 is 5.97 Å². The van der Waals surface area contributed by atoms with Crippen molar-refractivity contribution in [3.8, 4) is 0 Å². The number of amides is 1. The maximum Gasteiger partial charge on any atom is 0.303 e. The third kappa shape index (κ3) is 5.06. The molecule has 0 aliphatic rings. The van der Waals surface area contributed by atoms with Gasteiger partial charge in [-0.1, -0.05) is 31.5 Å². The zero-order valence-electron chi connectivity index (χ0n) is 17.4. The smallest absolute Gasteiger partial charge is 0.303 e. The topological polar surface area (TPSA) is 123 Å². The Labute approximate surface area is 175 Å². The summed E-state index contributed by atoms with van der Waals surface area (Å²) in [5.74, 6) is 0.282. The van der Waals surface area contributed by atoms with Crippen molar-refractivity contribution in [2.75, 3.05) is 12.3 Å². The van der Waals surface area contributed by atoms with E-state index in [1.165, 1.54) is 0 Å². The fraction of sp³-hybridized carbons (Fsp3) is 0.455. The van der Waals surface area contributed by atoms with Gasteiger partial charge in [0.05, 0.1) is 17.5 Å².